The molecule has 0 bridgehead atoms. The van der Waals surface area contributed by atoms with Gasteiger partial charge >= 0.3 is 0 Å². The minimum atomic E-state index is 0.0572. The summed E-state index contributed by atoms with van der Waals surface area (Å²) in [5.74, 6) is 0.0572. The molecule has 0 atom stereocenters. The van der Waals surface area contributed by atoms with Crippen molar-refractivity contribution in [1.82, 2.24) is 20.0 Å². The molecule has 1 fully saturated rings. The zero-order valence-corrected chi connectivity index (χ0v) is 12.7. The Morgan fingerprint density at radius 2 is 2.05 bits per heavy atom. The van der Waals surface area contributed by atoms with E-state index >= 15 is 0 Å². The highest BCUT2D eigenvalue weighted by Crippen LogP contribution is 2.20. The fourth-order valence-corrected chi connectivity index (χ4v) is 3.10. The molecule has 1 amide bonds. The summed E-state index contributed by atoms with van der Waals surface area (Å²) in [4.78, 5) is 14.7. The Kier molecular flexibility index (Phi) is 3.92. The predicted molar refractivity (Wildman–Crippen MR) is 83.3 cm³/mol. The minimum absolute atomic E-state index is 0.0572. The first-order valence-electron chi connectivity index (χ1n) is 7.65. The molecule has 2 heterocycles. The second kappa shape index (κ2) is 5.85. The number of aromatic nitrogens is 2. The molecule has 1 saturated heterocycles. The van der Waals surface area contributed by atoms with E-state index in [4.69, 9.17) is 0 Å². The summed E-state index contributed by atoms with van der Waals surface area (Å²) in [5, 5.41) is 8.83. The Labute approximate surface area is 124 Å². The van der Waals surface area contributed by atoms with E-state index in [9.17, 15) is 4.79 Å². The summed E-state index contributed by atoms with van der Waals surface area (Å²) in [7, 11) is 1.89. The monoisotopic (exact) mass is 286 g/mol. The number of amides is 1. The summed E-state index contributed by atoms with van der Waals surface area (Å²) < 4.78 is 1.79. The van der Waals surface area contributed by atoms with Crippen molar-refractivity contribution < 1.29 is 4.79 Å². The van der Waals surface area contributed by atoms with Gasteiger partial charge in [0.05, 0.1) is 5.52 Å². The Morgan fingerprint density at radius 1 is 1.33 bits per heavy atom. The second-order valence-corrected chi connectivity index (χ2v) is 5.61. The SMILES string of the molecule is CCNC1CCN(C(=O)c2nn(C)c3ccccc23)CC1. The van der Waals surface area contributed by atoms with Crippen molar-refractivity contribution >= 4 is 16.8 Å². The van der Waals surface area contributed by atoms with Crippen LogP contribution >= 0.6 is 0 Å². The Balaban J connectivity index is 1.79. The average molecular weight is 286 g/mol. The lowest BCUT2D eigenvalue weighted by Crippen LogP contribution is -2.45. The quantitative estimate of drug-likeness (QED) is 0.936. The molecule has 3 rings (SSSR count). The van der Waals surface area contributed by atoms with Crippen LogP contribution in [0.5, 0.6) is 0 Å². The van der Waals surface area contributed by atoms with E-state index in [0.29, 0.717) is 11.7 Å². The van der Waals surface area contributed by atoms with E-state index in [-0.39, 0.29) is 5.91 Å². The molecule has 21 heavy (non-hydrogen) atoms. The number of hydrogen-bond acceptors (Lipinski definition) is 3. The molecular weight excluding hydrogens is 264 g/mol. The fraction of sp³-hybridized carbons (Fsp3) is 0.500. The van der Waals surface area contributed by atoms with E-state index < -0.39 is 0 Å². The van der Waals surface area contributed by atoms with Gasteiger partial charge in [0.15, 0.2) is 5.69 Å². The lowest BCUT2D eigenvalue weighted by Gasteiger charge is -2.32. The zero-order chi connectivity index (χ0) is 14.8. The van der Waals surface area contributed by atoms with Crippen LogP contribution in [0.3, 0.4) is 0 Å². The molecule has 1 aromatic heterocycles. The van der Waals surface area contributed by atoms with E-state index in [0.717, 1.165) is 43.4 Å². The number of rotatable bonds is 3. The topological polar surface area (TPSA) is 50.2 Å². The molecule has 5 nitrogen and oxygen atoms in total. The standard InChI is InChI=1S/C16H22N4O/c1-3-17-12-8-10-20(11-9-12)16(21)15-13-6-4-5-7-14(13)19(2)18-15/h4-7,12,17H,3,8-11H2,1-2H3. The van der Waals surface area contributed by atoms with Crippen molar-refractivity contribution in [1.29, 1.82) is 0 Å². The first kappa shape index (κ1) is 14.1. The van der Waals surface area contributed by atoms with Gasteiger partial charge in [0.25, 0.3) is 5.91 Å². The molecule has 1 aliphatic heterocycles. The average Bonchev–Trinajstić information content (AvgIpc) is 2.85. The molecule has 1 aliphatic rings. The highest BCUT2D eigenvalue weighted by Gasteiger charge is 2.26. The van der Waals surface area contributed by atoms with Crippen molar-refractivity contribution in [2.45, 2.75) is 25.8 Å². The van der Waals surface area contributed by atoms with Gasteiger partial charge in [-0.05, 0) is 25.5 Å². The minimum Gasteiger partial charge on any atom is -0.337 e. The molecule has 1 N–H and O–H groups in total. The Morgan fingerprint density at radius 3 is 2.76 bits per heavy atom. The number of carbonyl (C=O) groups is 1. The number of likely N-dealkylation sites (tertiary alicyclic amines) is 1. The van der Waals surface area contributed by atoms with Gasteiger partial charge in [0, 0.05) is 31.6 Å². The van der Waals surface area contributed by atoms with Gasteiger partial charge in [-0.15, -0.1) is 0 Å². The number of hydrogen-bond donors (Lipinski definition) is 1. The van der Waals surface area contributed by atoms with Gasteiger partial charge < -0.3 is 10.2 Å². The number of benzene rings is 1. The molecule has 0 spiro atoms. The molecule has 112 valence electrons. The van der Waals surface area contributed by atoms with E-state index in [1.165, 1.54) is 0 Å². The van der Waals surface area contributed by atoms with Crippen LogP contribution in [0.15, 0.2) is 24.3 Å². The van der Waals surface area contributed by atoms with Gasteiger partial charge in [-0.25, -0.2) is 0 Å². The third kappa shape index (κ3) is 2.65. The number of nitrogens with one attached hydrogen (secondary N) is 1. The summed E-state index contributed by atoms with van der Waals surface area (Å²) in [6, 6.07) is 8.44. The molecule has 5 heteroatoms. The van der Waals surface area contributed by atoms with Crippen LogP contribution in [0.25, 0.3) is 10.9 Å². The maximum atomic E-state index is 12.7. The van der Waals surface area contributed by atoms with Gasteiger partial charge in [-0.3, -0.25) is 9.48 Å². The number of aryl methyl sites for hydroxylation is 1. The predicted octanol–water partition coefficient (Wildman–Crippen LogP) is 1.79. The van der Waals surface area contributed by atoms with Crippen molar-refractivity contribution in [3.05, 3.63) is 30.0 Å². The summed E-state index contributed by atoms with van der Waals surface area (Å²) >= 11 is 0. The van der Waals surface area contributed by atoms with E-state index in [1.54, 1.807) is 4.68 Å². The van der Waals surface area contributed by atoms with Crippen molar-refractivity contribution in [3.63, 3.8) is 0 Å². The van der Waals surface area contributed by atoms with Gasteiger partial charge in [-0.2, -0.15) is 5.10 Å². The molecule has 2 aromatic rings. The van der Waals surface area contributed by atoms with Crippen LogP contribution in [0.4, 0.5) is 0 Å². The van der Waals surface area contributed by atoms with Gasteiger partial charge in [0.1, 0.15) is 0 Å². The molecule has 0 aliphatic carbocycles. The van der Waals surface area contributed by atoms with Crippen LogP contribution in [-0.4, -0.2) is 46.3 Å². The first-order chi connectivity index (χ1) is 10.2. The Hall–Kier alpha value is -1.88. The van der Waals surface area contributed by atoms with Crippen molar-refractivity contribution in [2.24, 2.45) is 7.05 Å². The molecule has 1 aromatic carbocycles. The zero-order valence-electron chi connectivity index (χ0n) is 12.7. The smallest absolute Gasteiger partial charge is 0.275 e. The van der Waals surface area contributed by atoms with Crippen LogP contribution in [0.1, 0.15) is 30.3 Å². The molecule has 0 radical (unpaired) electrons. The molecular formula is C16H22N4O. The summed E-state index contributed by atoms with van der Waals surface area (Å²) in [6.45, 7) is 4.73. The molecule has 0 unspecified atom stereocenters. The van der Waals surface area contributed by atoms with Crippen LogP contribution in [0.2, 0.25) is 0 Å². The van der Waals surface area contributed by atoms with Crippen LogP contribution < -0.4 is 5.32 Å². The number of para-hydroxylation sites is 1. The van der Waals surface area contributed by atoms with E-state index in [1.807, 2.05) is 36.2 Å². The largest absolute Gasteiger partial charge is 0.337 e. The lowest BCUT2D eigenvalue weighted by molar-refractivity contribution is 0.0701. The summed E-state index contributed by atoms with van der Waals surface area (Å²) in [5.41, 5.74) is 1.58. The Bertz CT molecular complexity index is 641. The summed E-state index contributed by atoms with van der Waals surface area (Å²) in [6.07, 6.45) is 2.04. The lowest BCUT2D eigenvalue weighted by atomic mass is 10.0. The maximum absolute atomic E-state index is 12.7. The third-order valence-corrected chi connectivity index (χ3v) is 4.24. The number of nitrogens with zero attached hydrogens (tertiary/aromatic N) is 3. The maximum Gasteiger partial charge on any atom is 0.275 e. The first-order valence-corrected chi connectivity index (χ1v) is 7.65. The van der Waals surface area contributed by atoms with Crippen molar-refractivity contribution in [3.8, 4) is 0 Å². The number of piperidine rings is 1. The number of fused-ring (bicyclic) bond motifs is 1. The van der Waals surface area contributed by atoms with E-state index in [2.05, 4.69) is 17.3 Å². The van der Waals surface area contributed by atoms with Crippen molar-refractivity contribution in [2.75, 3.05) is 19.6 Å². The molecule has 0 saturated carbocycles. The fourth-order valence-electron chi connectivity index (χ4n) is 3.10. The highest BCUT2D eigenvalue weighted by molar-refractivity contribution is 6.04. The van der Waals surface area contributed by atoms with Crippen LogP contribution in [-0.2, 0) is 7.05 Å². The van der Waals surface area contributed by atoms with Crippen LogP contribution in [0, 0.1) is 0 Å². The third-order valence-electron chi connectivity index (χ3n) is 4.24. The van der Waals surface area contributed by atoms with Gasteiger partial charge in [0.2, 0.25) is 0 Å². The number of carbonyl (C=O) groups excluding carboxylic acids is 1. The highest BCUT2D eigenvalue weighted by atomic mass is 16.2. The normalized spacial score (nSPS) is 16.6. The second-order valence-electron chi connectivity index (χ2n) is 5.61. The van der Waals surface area contributed by atoms with Gasteiger partial charge in [-0.1, -0.05) is 25.1 Å².